The maximum atomic E-state index is 13.0. The van der Waals surface area contributed by atoms with E-state index in [2.05, 4.69) is 33.4 Å². The number of fused-ring (bicyclic) bond motifs is 3. The Morgan fingerprint density at radius 1 is 1.14 bits per heavy atom. The largest absolute Gasteiger partial charge is 0.444 e. The first kappa shape index (κ1) is 24.1. The predicted molar refractivity (Wildman–Crippen MR) is 135 cm³/mol. The van der Waals surface area contributed by atoms with Crippen LogP contribution in [-0.2, 0) is 22.7 Å². The van der Waals surface area contributed by atoms with Gasteiger partial charge in [0.25, 0.3) is 0 Å². The first-order valence-corrected chi connectivity index (χ1v) is 12.7. The molecule has 7 nitrogen and oxygen atoms in total. The highest BCUT2D eigenvalue weighted by molar-refractivity contribution is 6.29. The van der Waals surface area contributed by atoms with Crippen molar-refractivity contribution in [3.05, 3.63) is 70.5 Å². The van der Waals surface area contributed by atoms with Gasteiger partial charge in [0, 0.05) is 11.6 Å². The summed E-state index contributed by atoms with van der Waals surface area (Å²) in [6.07, 6.45) is 4.85. The lowest BCUT2D eigenvalue weighted by molar-refractivity contribution is 0.0214. The van der Waals surface area contributed by atoms with Gasteiger partial charge in [0.15, 0.2) is 5.82 Å². The Hall–Kier alpha value is -2.64. The van der Waals surface area contributed by atoms with E-state index in [0.717, 1.165) is 48.2 Å². The van der Waals surface area contributed by atoms with Crippen LogP contribution in [0.25, 0.3) is 5.69 Å². The monoisotopic (exact) mass is 513 g/mol. The number of halogens is 2. The Labute approximate surface area is 215 Å². The molecule has 3 aromatic rings. The van der Waals surface area contributed by atoms with E-state index < -0.39 is 10.5 Å². The number of hydrogen-bond acceptors (Lipinski definition) is 5. The number of amides is 1. The molecule has 1 aliphatic carbocycles. The van der Waals surface area contributed by atoms with Gasteiger partial charge in [-0.05, 0) is 75.8 Å². The molecule has 0 unspecified atom stereocenters. The zero-order valence-corrected chi connectivity index (χ0v) is 21.7. The molecule has 3 heterocycles. The fourth-order valence-corrected chi connectivity index (χ4v) is 5.50. The average molecular weight is 514 g/mol. The highest BCUT2D eigenvalue weighted by Crippen LogP contribution is 2.48. The summed E-state index contributed by atoms with van der Waals surface area (Å²) < 4.78 is 7.59. The minimum absolute atomic E-state index is 0.319. The standard InChI is InChI=1S/C26H29Cl2N5O2/c1-25(2,3)35-24(34)32-14-18-13-19(7-8-21(18)33-16-29-31-23(33)15-32)26(28)11-9-17(10-12-26)20-5-4-6-22(27)30-20/h4-8,13,16-17H,9-12,14-15H2,1-3H3. The number of nitrogens with zero attached hydrogens (tertiary/aromatic N) is 5. The molecule has 184 valence electrons. The quantitative estimate of drug-likeness (QED) is 0.294. The zero-order valence-electron chi connectivity index (χ0n) is 20.2. The molecule has 1 aromatic carbocycles. The fraction of sp³-hybridized carbons (Fsp3) is 0.462. The van der Waals surface area contributed by atoms with Crippen molar-refractivity contribution in [3.8, 4) is 5.69 Å². The zero-order chi connectivity index (χ0) is 24.8. The average Bonchev–Trinajstić information content (AvgIpc) is 3.19. The van der Waals surface area contributed by atoms with Crippen LogP contribution >= 0.6 is 23.2 Å². The van der Waals surface area contributed by atoms with E-state index >= 15 is 0 Å². The highest BCUT2D eigenvalue weighted by Gasteiger charge is 2.37. The summed E-state index contributed by atoms with van der Waals surface area (Å²) in [5, 5.41) is 8.84. The summed E-state index contributed by atoms with van der Waals surface area (Å²) in [7, 11) is 0. The van der Waals surface area contributed by atoms with Crippen LogP contribution in [0.1, 0.15) is 75.0 Å². The second-order valence-corrected chi connectivity index (χ2v) is 11.5. The summed E-state index contributed by atoms with van der Waals surface area (Å²) in [6.45, 7) is 6.32. The first-order chi connectivity index (χ1) is 16.6. The molecule has 0 N–H and O–H groups in total. The van der Waals surface area contributed by atoms with Gasteiger partial charge < -0.3 is 4.74 Å². The van der Waals surface area contributed by atoms with Crippen molar-refractivity contribution >= 4 is 29.3 Å². The Morgan fingerprint density at radius 3 is 2.63 bits per heavy atom. The molecule has 35 heavy (non-hydrogen) atoms. The van der Waals surface area contributed by atoms with Crippen LogP contribution in [0.15, 0.2) is 42.7 Å². The number of carbonyl (C=O) groups is 1. The van der Waals surface area contributed by atoms with Crippen molar-refractivity contribution < 1.29 is 9.53 Å². The van der Waals surface area contributed by atoms with Crippen LogP contribution in [0.2, 0.25) is 5.15 Å². The maximum Gasteiger partial charge on any atom is 0.411 e. The van der Waals surface area contributed by atoms with Crippen molar-refractivity contribution in [2.24, 2.45) is 0 Å². The fourth-order valence-electron chi connectivity index (χ4n) is 4.99. The second-order valence-electron chi connectivity index (χ2n) is 10.4. The molecule has 0 atom stereocenters. The summed E-state index contributed by atoms with van der Waals surface area (Å²) >= 11 is 13.4. The molecule has 2 aliphatic rings. The van der Waals surface area contributed by atoms with E-state index in [1.165, 1.54) is 0 Å². The smallest absolute Gasteiger partial charge is 0.411 e. The highest BCUT2D eigenvalue weighted by atomic mass is 35.5. The Balaban J connectivity index is 1.41. The van der Waals surface area contributed by atoms with Crippen LogP contribution in [0.3, 0.4) is 0 Å². The van der Waals surface area contributed by atoms with Gasteiger partial charge in [0.05, 0.1) is 23.7 Å². The molecule has 5 rings (SSSR count). The number of pyridine rings is 1. The molecule has 2 aromatic heterocycles. The van der Waals surface area contributed by atoms with Gasteiger partial charge in [-0.25, -0.2) is 9.78 Å². The Kier molecular flexibility index (Phi) is 6.26. The number of benzene rings is 1. The van der Waals surface area contributed by atoms with Gasteiger partial charge in [-0.1, -0.05) is 29.8 Å². The van der Waals surface area contributed by atoms with Crippen LogP contribution in [-0.4, -0.2) is 36.3 Å². The molecular weight excluding hydrogens is 485 g/mol. The number of carbonyl (C=O) groups excluding carboxylic acids is 1. The third kappa shape index (κ3) is 5.02. The molecule has 0 bridgehead atoms. The van der Waals surface area contributed by atoms with Gasteiger partial charge in [-0.15, -0.1) is 21.8 Å². The van der Waals surface area contributed by atoms with E-state index in [1.807, 2.05) is 37.5 Å². The maximum absolute atomic E-state index is 13.0. The predicted octanol–water partition coefficient (Wildman–Crippen LogP) is 6.36. The van der Waals surface area contributed by atoms with Gasteiger partial charge in [-0.2, -0.15) is 0 Å². The van der Waals surface area contributed by atoms with Crippen LogP contribution in [0, 0.1) is 0 Å². The Morgan fingerprint density at radius 2 is 1.91 bits per heavy atom. The minimum atomic E-state index is -0.585. The summed E-state index contributed by atoms with van der Waals surface area (Å²) in [5.41, 5.74) is 3.46. The molecule has 0 saturated heterocycles. The molecular formula is C26H29Cl2N5O2. The number of hydrogen-bond donors (Lipinski definition) is 0. The molecule has 1 amide bonds. The molecule has 1 fully saturated rings. The normalized spacial score (nSPS) is 22.2. The van der Waals surface area contributed by atoms with Gasteiger partial charge in [0.2, 0.25) is 0 Å². The number of rotatable bonds is 2. The molecule has 1 aliphatic heterocycles. The number of alkyl halides is 1. The van der Waals surface area contributed by atoms with E-state index in [1.54, 1.807) is 17.3 Å². The van der Waals surface area contributed by atoms with Crippen molar-refractivity contribution in [1.82, 2.24) is 24.6 Å². The molecule has 0 spiro atoms. The number of aromatic nitrogens is 4. The van der Waals surface area contributed by atoms with Crippen molar-refractivity contribution in [1.29, 1.82) is 0 Å². The van der Waals surface area contributed by atoms with Crippen molar-refractivity contribution in [2.75, 3.05) is 0 Å². The summed E-state index contributed by atoms with van der Waals surface area (Å²) in [5.74, 6) is 1.04. The summed E-state index contributed by atoms with van der Waals surface area (Å²) in [6, 6.07) is 12.1. The summed E-state index contributed by atoms with van der Waals surface area (Å²) in [4.78, 5) is 18.7. The van der Waals surface area contributed by atoms with E-state index in [-0.39, 0.29) is 6.09 Å². The molecule has 0 radical (unpaired) electrons. The lowest BCUT2D eigenvalue weighted by Gasteiger charge is -2.36. The first-order valence-electron chi connectivity index (χ1n) is 11.9. The Bertz CT molecular complexity index is 1240. The number of ether oxygens (including phenoxy) is 1. The molecule has 1 saturated carbocycles. The third-order valence-corrected chi connectivity index (χ3v) is 7.56. The topological polar surface area (TPSA) is 73.1 Å². The second kappa shape index (κ2) is 9.10. The van der Waals surface area contributed by atoms with Crippen LogP contribution < -0.4 is 0 Å². The minimum Gasteiger partial charge on any atom is -0.444 e. The van der Waals surface area contributed by atoms with Gasteiger partial charge in [-0.3, -0.25) is 9.47 Å². The van der Waals surface area contributed by atoms with Gasteiger partial charge >= 0.3 is 6.09 Å². The van der Waals surface area contributed by atoms with Crippen molar-refractivity contribution in [2.45, 2.75) is 75.9 Å². The van der Waals surface area contributed by atoms with E-state index in [0.29, 0.717) is 30.0 Å². The lowest BCUT2D eigenvalue weighted by atomic mass is 9.76. The van der Waals surface area contributed by atoms with Crippen molar-refractivity contribution in [3.63, 3.8) is 0 Å². The van der Waals surface area contributed by atoms with E-state index in [9.17, 15) is 4.79 Å². The van der Waals surface area contributed by atoms with Crippen LogP contribution in [0.4, 0.5) is 4.79 Å². The SMILES string of the molecule is CC(C)(C)OC(=O)N1Cc2cc(C3(Cl)CCC(c4cccc(Cl)n4)CC3)ccc2-n2cnnc2C1. The van der Waals surface area contributed by atoms with Crippen LogP contribution in [0.5, 0.6) is 0 Å². The lowest BCUT2D eigenvalue weighted by Crippen LogP contribution is -2.36. The third-order valence-electron chi connectivity index (χ3n) is 6.75. The van der Waals surface area contributed by atoms with Gasteiger partial charge in [0.1, 0.15) is 17.1 Å². The molecule has 9 heteroatoms. The van der Waals surface area contributed by atoms with E-state index in [4.69, 9.17) is 27.9 Å².